The van der Waals surface area contributed by atoms with E-state index in [4.69, 9.17) is 4.74 Å². The first kappa shape index (κ1) is 14.1. The fourth-order valence-corrected chi connectivity index (χ4v) is 3.79. The van der Waals surface area contributed by atoms with Crippen molar-refractivity contribution in [3.8, 4) is 0 Å². The van der Waals surface area contributed by atoms with Gasteiger partial charge in [0, 0.05) is 29.8 Å². The second kappa shape index (κ2) is 5.88. The number of fused-ring (bicyclic) bond motifs is 3. The molecule has 112 valence electrons. The summed E-state index contributed by atoms with van der Waals surface area (Å²) in [5.74, 6) is 0.382. The van der Waals surface area contributed by atoms with Gasteiger partial charge in [0.2, 0.25) is 0 Å². The molecule has 0 aromatic heterocycles. The molecule has 0 spiro atoms. The second-order valence-electron chi connectivity index (χ2n) is 5.79. The lowest BCUT2D eigenvalue weighted by Crippen LogP contribution is -2.33. The molecule has 1 saturated carbocycles. The Hall–Kier alpha value is -1.84. The average Bonchev–Trinajstić information content (AvgIpc) is 3.06. The predicted octanol–water partition coefficient (Wildman–Crippen LogP) is 2.91. The lowest BCUT2D eigenvalue weighted by Gasteiger charge is -2.26. The Morgan fingerprint density at radius 1 is 1.43 bits per heavy atom. The van der Waals surface area contributed by atoms with Crippen molar-refractivity contribution in [1.82, 2.24) is 0 Å². The van der Waals surface area contributed by atoms with Gasteiger partial charge in [0.05, 0.1) is 13.0 Å². The standard InChI is InChI=1S/C17H21NO3/c1-2-21-17(20)8-9-18-15-5-3-4-13(15)14-10-12(11-19)6-7-16(14)18/h6-7,10-11,13,15H,2-5,8-9H2,1H3. The molecule has 21 heavy (non-hydrogen) atoms. The van der Waals surface area contributed by atoms with Crippen LogP contribution in [0.4, 0.5) is 5.69 Å². The summed E-state index contributed by atoms with van der Waals surface area (Å²) in [6, 6.07) is 6.40. The third-order valence-corrected chi connectivity index (χ3v) is 4.64. The number of aldehydes is 1. The van der Waals surface area contributed by atoms with E-state index in [1.807, 2.05) is 25.1 Å². The number of rotatable bonds is 5. The van der Waals surface area contributed by atoms with Crippen LogP contribution < -0.4 is 4.90 Å². The van der Waals surface area contributed by atoms with Crippen molar-refractivity contribution in [1.29, 1.82) is 0 Å². The predicted molar refractivity (Wildman–Crippen MR) is 80.8 cm³/mol. The minimum absolute atomic E-state index is 0.134. The molecule has 1 aliphatic heterocycles. The van der Waals surface area contributed by atoms with E-state index < -0.39 is 0 Å². The number of carbonyl (C=O) groups is 2. The Morgan fingerprint density at radius 3 is 3.05 bits per heavy atom. The molecule has 0 saturated heterocycles. The molecule has 1 heterocycles. The van der Waals surface area contributed by atoms with Crippen LogP contribution in [0.2, 0.25) is 0 Å². The van der Waals surface area contributed by atoms with Gasteiger partial charge in [-0.1, -0.05) is 6.42 Å². The van der Waals surface area contributed by atoms with E-state index in [1.54, 1.807) is 0 Å². The molecule has 4 nitrogen and oxygen atoms in total. The second-order valence-corrected chi connectivity index (χ2v) is 5.79. The summed E-state index contributed by atoms with van der Waals surface area (Å²) >= 11 is 0. The van der Waals surface area contributed by atoms with Gasteiger partial charge in [0.15, 0.2) is 0 Å². The summed E-state index contributed by atoms with van der Waals surface area (Å²) in [6.45, 7) is 2.97. The minimum Gasteiger partial charge on any atom is -0.466 e. The maximum absolute atomic E-state index is 11.6. The van der Waals surface area contributed by atoms with Gasteiger partial charge in [0.1, 0.15) is 6.29 Å². The molecule has 2 aliphatic rings. The summed E-state index contributed by atoms with van der Waals surface area (Å²) in [6.07, 6.45) is 4.89. The zero-order chi connectivity index (χ0) is 14.8. The highest BCUT2D eigenvalue weighted by molar-refractivity contribution is 5.78. The lowest BCUT2D eigenvalue weighted by atomic mass is 9.96. The number of ether oxygens (including phenoxy) is 1. The maximum Gasteiger partial charge on any atom is 0.307 e. The fraction of sp³-hybridized carbons (Fsp3) is 0.529. The van der Waals surface area contributed by atoms with E-state index in [9.17, 15) is 9.59 Å². The van der Waals surface area contributed by atoms with Gasteiger partial charge in [-0.05, 0) is 43.5 Å². The molecule has 1 aromatic carbocycles. The first-order valence-corrected chi connectivity index (χ1v) is 7.76. The Morgan fingerprint density at radius 2 is 2.29 bits per heavy atom. The summed E-state index contributed by atoms with van der Waals surface area (Å²) in [7, 11) is 0. The van der Waals surface area contributed by atoms with Crippen molar-refractivity contribution in [2.75, 3.05) is 18.1 Å². The van der Waals surface area contributed by atoms with Crippen molar-refractivity contribution in [3.05, 3.63) is 29.3 Å². The van der Waals surface area contributed by atoms with E-state index in [1.165, 1.54) is 30.5 Å². The molecule has 0 radical (unpaired) electrons. The van der Waals surface area contributed by atoms with Crippen molar-refractivity contribution < 1.29 is 14.3 Å². The largest absolute Gasteiger partial charge is 0.466 e. The van der Waals surface area contributed by atoms with Crippen LogP contribution in [0.25, 0.3) is 0 Å². The first-order valence-electron chi connectivity index (χ1n) is 7.76. The van der Waals surface area contributed by atoms with Crippen LogP contribution in [-0.4, -0.2) is 31.4 Å². The molecule has 2 atom stereocenters. The van der Waals surface area contributed by atoms with Gasteiger partial charge in [0.25, 0.3) is 0 Å². The van der Waals surface area contributed by atoms with Crippen LogP contribution >= 0.6 is 0 Å². The van der Waals surface area contributed by atoms with Gasteiger partial charge in [-0.3, -0.25) is 9.59 Å². The van der Waals surface area contributed by atoms with Gasteiger partial charge in [-0.2, -0.15) is 0 Å². The number of hydrogen-bond donors (Lipinski definition) is 0. The highest BCUT2D eigenvalue weighted by Crippen LogP contribution is 2.49. The van der Waals surface area contributed by atoms with E-state index >= 15 is 0 Å². The molecule has 3 rings (SSSR count). The summed E-state index contributed by atoms with van der Waals surface area (Å²) < 4.78 is 5.03. The highest BCUT2D eigenvalue weighted by atomic mass is 16.5. The maximum atomic E-state index is 11.6. The van der Waals surface area contributed by atoms with Crippen molar-refractivity contribution in [3.63, 3.8) is 0 Å². The third kappa shape index (κ3) is 2.55. The molecule has 0 amide bonds. The van der Waals surface area contributed by atoms with Crippen LogP contribution in [0.15, 0.2) is 18.2 Å². The van der Waals surface area contributed by atoms with Crippen LogP contribution in [0.3, 0.4) is 0 Å². The highest BCUT2D eigenvalue weighted by Gasteiger charge is 2.41. The lowest BCUT2D eigenvalue weighted by molar-refractivity contribution is -0.142. The summed E-state index contributed by atoms with van der Waals surface area (Å²) in [5, 5.41) is 0. The Labute approximate surface area is 125 Å². The molecule has 1 fully saturated rings. The van der Waals surface area contributed by atoms with Crippen LogP contribution in [0, 0.1) is 0 Å². The molecule has 1 aromatic rings. The Bertz CT molecular complexity index is 555. The third-order valence-electron chi connectivity index (χ3n) is 4.64. The van der Waals surface area contributed by atoms with E-state index in [0.717, 1.165) is 11.8 Å². The average molecular weight is 287 g/mol. The van der Waals surface area contributed by atoms with Crippen molar-refractivity contribution >= 4 is 17.9 Å². The normalized spacial score (nSPS) is 22.8. The van der Waals surface area contributed by atoms with Crippen LogP contribution in [0.5, 0.6) is 0 Å². The Balaban J connectivity index is 1.81. The minimum atomic E-state index is -0.134. The number of hydrogen-bond acceptors (Lipinski definition) is 4. The van der Waals surface area contributed by atoms with Crippen LogP contribution in [0.1, 0.15) is 54.4 Å². The van der Waals surface area contributed by atoms with Crippen molar-refractivity contribution in [2.24, 2.45) is 0 Å². The molecule has 2 unspecified atom stereocenters. The zero-order valence-corrected chi connectivity index (χ0v) is 12.4. The quantitative estimate of drug-likeness (QED) is 0.617. The molecular formula is C17H21NO3. The van der Waals surface area contributed by atoms with E-state index in [2.05, 4.69) is 4.90 Å². The fourth-order valence-electron chi connectivity index (χ4n) is 3.79. The SMILES string of the molecule is CCOC(=O)CCN1c2ccc(C=O)cc2C2CCCC21. The first-order chi connectivity index (χ1) is 10.2. The zero-order valence-electron chi connectivity index (χ0n) is 12.4. The molecule has 0 N–H and O–H groups in total. The van der Waals surface area contributed by atoms with Crippen molar-refractivity contribution in [2.45, 2.75) is 44.6 Å². The van der Waals surface area contributed by atoms with Gasteiger partial charge in [-0.15, -0.1) is 0 Å². The van der Waals surface area contributed by atoms with E-state index in [0.29, 0.717) is 31.5 Å². The molecule has 4 heteroatoms. The molecule has 0 bridgehead atoms. The topological polar surface area (TPSA) is 46.6 Å². The molecule has 1 aliphatic carbocycles. The van der Waals surface area contributed by atoms with Crippen LogP contribution in [-0.2, 0) is 9.53 Å². The van der Waals surface area contributed by atoms with Gasteiger partial charge < -0.3 is 9.64 Å². The number of nitrogens with zero attached hydrogens (tertiary/aromatic N) is 1. The van der Waals surface area contributed by atoms with Gasteiger partial charge in [-0.25, -0.2) is 0 Å². The summed E-state index contributed by atoms with van der Waals surface area (Å²) in [4.78, 5) is 24.9. The number of esters is 1. The smallest absolute Gasteiger partial charge is 0.307 e. The van der Waals surface area contributed by atoms with E-state index in [-0.39, 0.29) is 5.97 Å². The summed E-state index contributed by atoms with van der Waals surface area (Å²) in [5.41, 5.74) is 3.22. The monoisotopic (exact) mass is 287 g/mol. The van der Waals surface area contributed by atoms with Gasteiger partial charge >= 0.3 is 5.97 Å². The number of anilines is 1. The Kier molecular flexibility index (Phi) is 3.95. The molecular weight excluding hydrogens is 266 g/mol. The number of benzene rings is 1. The number of carbonyl (C=O) groups excluding carboxylic acids is 2.